The van der Waals surface area contributed by atoms with Crippen LogP contribution in [0.3, 0.4) is 0 Å². The number of alkyl halides is 2. The van der Waals surface area contributed by atoms with Crippen molar-refractivity contribution in [3.8, 4) is 0 Å². The van der Waals surface area contributed by atoms with Crippen molar-refractivity contribution in [1.82, 2.24) is 4.90 Å². The van der Waals surface area contributed by atoms with Crippen LogP contribution < -0.4 is 5.32 Å². The van der Waals surface area contributed by atoms with Crippen LogP contribution >= 0.6 is 23.4 Å². The number of rotatable bonds is 6. The second kappa shape index (κ2) is 7.78. The van der Waals surface area contributed by atoms with E-state index in [1.165, 1.54) is 4.90 Å². The van der Waals surface area contributed by atoms with Gasteiger partial charge in [-0.1, -0.05) is 17.7 Å². The molecule has 1 aromatic carbocycles. The molecule has 1 saturated heterocycles. The maximum atomic E-state index is 12.4. The Kier molecular flexibility index (Phi) is 6.02. The van der Waals surface area contributed by atoms with Crippen molar-refractivity contribution in [2.45, 2.75) is 24.2 Å². The standard InChI is InChI=1S/C14H15ClF2N2O2S/c15-9-3-1-4-10(14(9)22-8-11(16)17)18-12(20)7-19-6-2-5-13(19)21/h1,3-4,11H,2,5-8H2,(H,18,20). The lowest BCUT2D eigenvalue weighted by Crippen LogP contribution is -2.34. The molecule has 0 saturated carbocycles. The monoisotopic (exact) mass is 348 g/mol. The van der Waals surface area contributed by atoms with Gasteiger partial charge in [-0.05, 0) is 18.6 Å². The fraction of sp³-hybridized carbons (Fsp3) is 0.429. The molecule has 120 valence electrons. The highest BCUT2D eigenvalue weighted by Crippen LogP contribution is 2.35. The highest BCUT2D eigenvalue weighted by molar-refractivity contribution is 7.99. The van der Waals surface area contributed by atoms with E-state index < -0.39 is 12.2 Å². The summed E-state index contributed by atoms with van der Waals surface area (Å²) in [6.45, 7) is 0.527. The molecule has 1 fully saturated rings. The van der Waals surface area contributed by atoms with E-state index in [1.54, 1.807) is 18.2 Å². The molecule has 1 heterocycles. The molecule has 0 radical (unpaired) electrons. The summed E-state index contributed by atoms with van der Waals surface area (Å²) in [6.07, 6.45) is -1.26. The predicted molar refractivity (Wildman–Crippen MR) is 82.6 cm³/mol. The van der Waals surface area contributed by atoms with Gasteiger partial charge in [0.1, 0.15) is 0 Å². The topological polar surface area (TPSA) is 49.4 Å². The van der Waals surface area contributed by atoms with Crippen LogP contribution in [0, 0.1) is 0 Å². The minimum Gasteiger partial charge on any atom is -0.333 e. The van der Waals surface area contributed by atoms with Gasteiger partial charge in [0.15, 0.2) is 0 Å². The molecular formula is C14H15ClF2N2O2S. The van der Waals surface area contributed by atoms with E-state index in [1.807, 2.05) is 0 Å². The Morgan fingerprint density at radius 2 is 2.23 bits per heavy atom. The largest absolute Gasteiger partial charge is 0.333 e. The number of amides is 2. The van der Waals surface area contributed by atoms with Crippen molar-refractivity contribution < 1.29 is 18.4 Å². The Morgan fingerprint density at radius 3 is 2.86 bits per heavy atom. The first-order valence-corrected chi connectivity index (χ1v) is 8.11. The Labute approximate surface area is 136 Å². The Balaban J connectivity index is 2.03. The van der Waals surface area contributed by atoms with Crippen molar-refractivity contribution in [2.24, 2.45) is 0 Å². The van der Waals surface area contributed by atoms with Crippen molar-refractivity contribution >= 4 is 40.9 Å². The van der Waals surface area contributed by atoms with Gasteiger partial charge in [-0.2, -0.15) is 0 Å². The molecule has 0 aromatic heterocycles. The van der Waals surface area contributed by atoms with Gasteiger partial charge < -0.3 is 10.2 Å². The fourth-order valence-corrected chi connectivity index (χ4v) is 3.25. The Bertz CT molecular complexity index is 572. The molecule has 0 spiro atoms. The van der Waals surface area contributed by atoms with Crippen LogP contribution in [0.2, 0.25) is 5.02 Å². The van der Waals surface area contributed by atoms with Gasteiger partial charge >= 0.3 is 0 Å². The van der Waals surface area contributed by atoms with Crippen LogP contribution in [0.1, 0.15) is 12.8 Å². The smallest absolute Gasteiger partial charge is 0.247 e. The number of likely N-dealkylation sites (tertiary alicyclic amines) is 1. The predicted octanol–water partition coefficient (Wildman–Crippen LogP) is 3.26. The number of thioether (sulfide) groups is 1. The lowest BCUT2D eigenvalue weighted by atomic mass is 10.3. The minimum absolute atomic E-state index is 0.0374. The number of benzene rings is 1. The zero-order valence-electron chi connectivity index (χ0n) is 11.7. The number of hydrogen-bond donors (Lipinski definition) is 1. The average Bonchev–Trinajstić information content (AvgIpc) is 2.83. The van der Waals surface area contributed by atoms with Gasteiger partial charge in [-0.25, -0.2) is 8.78 Å². The van der Waals surface area contributed by atoms with E-state index in [2.05, 4.69) is 5.32 Å². The SMILES string of the molecule is O=C(CN1CCCC1=O)Nc1cccc(Cl)c1SCC(F)F. The molecule has 22 heavy (non-hydrogen) atoms. The van der Waals surface area contributed by atoms with Crippen LogP contribution in [0.15, 0.2) is 23.1 Å². The molecular weight excluding hydrogens is 334 g/mol. The lowest BCUT2D eigenvalue weighted by molar-refractivity contribution is -0.131. The zero-order chi connectivity index (χ0) is 16.1. The van der Waals surface area contributed by atoms with Crippen molar-refractivity contribution in [2.75, 3.05) is 24.2 Å². The summed E-state index contributed by atoms with van der Waals surface area (Å²) in [6, 6.07) is 4.81. The van der Waals surface area contributed by atoms with E-state index in [-0.39, 0.29) is 18.4 Å². The third-order valence-corrected chi connectivity index (χ3v) is 4.67. The van der Waals surface area contributed by atoms with E-state index in [0.717, 1.165) is 18.2 Å². The van der Waals surface area contributed by atoms with Crippen molar-refractivity contribution in [3.05, 3.63) is 23.2 Å². The fourth-order valence-electron chi connectivity index (χ4n) is 2.13. The summed E-state index contributed by atoms with van der Waals surface area (Å²) in [5.74, 6) is -0.818. The lowest BCUT2D eigenvalue weighted by Gasteiger charge is -2.16. The second-order valence-electron chi connectivity index (χ2n) is 4.79. The summed E-state index contributed by atoms with van der Waals surface area (Å²) >= 11 is 6.90. The van der Waals surface area contributed by atoms with Crippen LogP contribution in [0.4, 0.5) is 14.5 Å². The molecule has 8 heteroatoms. The van der Waals surface area contributed by atoms with E-state index in [9.17, 15) is 18.4 Å². The van der Waals surface area contributed by atoms with Crippen LogP contribution in [-0.4, -0.2) is 42.0 Å². The van der Waals surface area contributed by atoms with Crippen LogP contribution in [0.5, 0.6) is 0 Å². The molecule has 1 aliphatic rings. The van der Waals surface area contributed by atoms with E-state index >= 15 is 0 Å². The minimum atomic E-state index is -2.47. The van der Waals surface area contributed by atoms with E-state index in [0.29, 0.717) is 28.6 Å². The maximum absolute atomic E-state index is 12.4. The number of anilines is 1. The van der Waals surface area contributed by atoms with Crippen LogP contribution in [0.25, 0.3) is 0 Å². The molecule has 4 nitrogen and oxygen atoms in total. The number of nitrogens with one attached hydrogen (secondary N) is 1. The Morgan fingerprint density at radius 1 is 1.45 bits per heavy atom. The molecule has 0 aliphatic carbocycles. The summed E-state index contributed by atoms with van der Waals surface area (Å²) in [7, 11) is 0. The highest BCUT2D eigenvalue weighted by atomic mass is 35.5. The first-order valence-electron chi connectivity index (χ1n) is 6.74. The summed E-state index contributed by atoms with van der Waals surface area (Å²) in [5.41, 5.74) is 0.384. The highest BCUT2D eigenvalue weighted by Gasteiger charge is 2.23. The summed E-state index contributed by atoms with van der Waals surface area (Å²) in [4.78, 5) is 25.4. The molecule has 2 rings (SSSR count). The third-order valence-electron chi connectivity index (χ3n) is 3.10. The third kappa shape index (κ3) is 4.58. The summed E-state index contributed by atoms with van der Waals surface area (Å²) in [5, 5.41) is 2.95. The molecule has 2 amide bonds. The van der Waals surface area contributed by atoms with Gasteiger partial charge in [0.05, 0.1) is 23.0 Å². The first kappa shape index (κ1) is 17.0. The van der Waals surface area contributed by atoms with E-state index in [4.69, 9.17) is 11.6 Å². The van der Waals surface area contributed by atoms with Gasteiger partial charge in [-0.3, -0.25) is 9.59 Å². The normalized spacial score (nSPS) is 14.7. The second-order valence-corrected chi connectivity index (χ2v) is 6.22. The number of hydrogen-bond acceptors (Lipinski definition) is 3. The number of carbonyl (C=O) groups is 2. The molecule has 1 aliphatic heterocycles. The Hall–Kier alpha value is -1.34. The quantitative estimate of drug-likeness (QED) is 0.803. The number of carbonyl (C=O) groups excluding carboxylic acids is 2. The van der Waals surface area contributed by atoms with Gasteiger partial charge in [0.25, 0.3) is 0 Å². The molecule has 1 aromatic rings. The van der Waals surface area contributed by atoms with Crippen molar-refractivity contribution in [1.29, 1.82) is 0 Å². The molecule has 0 unspecified atom stereocenters. The molecule has 0 bridgehead atoms. The maximum Gasteiger partial charge on any atom is 0.247 e. The number of nitrogens with zero attached hydrogens (tertiary/aromatic N) is 1. The number of halogens is 3. The van der Waals surface area contributed by atoms with Crippen LogP contribution in [-0.2, 0) is 9.59 Å². The summed E-state index contributed by atoms with van der Waals surface area (Å²) < 4.78 is 24.7. The van der Waals surface area contributed by atoms with Gasteiger partial charge in [0, 0.05) is 17.9 Å². The average molecular weight is 349 g/mol. The molecule has 0 atom stereocenters. The molecule has 1 N–H and O–H groups in total. The van der Waals surface area contributed by atoms with Crippen molar-refractivity contribution in [3.63, 3.8) is 0 Å². The first-order chi connectivity index (χ1) is 10.5. The zero-order valence-corrected chi connectivity index (χ0v) is 13.2. The van der Waals surface area contributed by atoms with Gasteiger partial charge in [-0.15, -0.1) is 11.8 Å². The van der Waals surface area contributed by atoms with Gasteiger partial charge in [0.2, 0.25) is 18.2 Å².